The largest absolute Gasteiger partial charge is 0.477 e. The van der Waals surface area contributed by atoms with Crippen LogP contribution in [0.2, 0.25) is 0 Å². The molecule has 1 aliphatic carbocycles. The quantitative estimate of drug-likeness (QED) is 0.936. The highest BCUT2D eigenvalue weighted by molar-refractivity contribution is 5.93. The maximum atomic E-state index is 12.2. The first-order valence-electron chi connectivity index (χ1n) is 7.56. The van der Waals surface area contributed by atoms with Crippen LogP contribution in [0.3, 0.4) is 0 Å². The normalized spacial score (nSPS) is 16.0. The number of hydrogen-bond acceptors (Lipinski definition) is 4. The highest BCUT2D eigenvalue weighted by Gasteiger charge is 2.18. The zero-order chi connectivity index (χ0) is 14.7. The van der Waals surface area contributed by atoms with Crippen molar-refractivity contribution in [3.63, 3.8) is 0 Å². The topological polar surface area (TPSA) is 68.5 Å². The first-order valence-corrected chi connectivity index (χ1v) is 7.56. The molecule has 3 rings (SSSR count). The van der Waals surface area contributed by atoms with Gasteiger partial charge in [-0.15, -0.1) is 5.10 Å². The Hall–Kier alpha value is -2.11. The van der Waals surface area contributed by atoms with Gasteiger partial charge in [0.05, 0.1) is 12.8 Å². The number of rotatable bonds is 4. The molecule has 0 aromatic carbocycles. The van der Waals surface area contributed by atoms with E-state index in [-0.39, 0.29) is 11.9 Å². The minimum atomic E-state index is -0.120. The Balaban J connectivity index is 1.75. The second kappa shape index (κ2) is 6.11. The molecule has 2 aromatic rings. The van der Waals surface area contributed by atoms with Crippen LogP contribution < -0.4 is 10.1 Å². The van der Waals surface area contributed by atoms with Gasteiger partial charge in [-0.05, 0) is 25.8 Å². The van der Waals surface area contributed by atoms with Gasteiger partial charge in [0, 0.05) is 12.1 Å². The van der Waals surface area contributed by atoms with Crippen molar-refractivity contribution in [1.29, 1.82) is 0 Å². The van der Waals surface area contributed by atoms with Crippen LogP contribution >= 0.6 is 0 Å². The summed E-state index contributed by atoms with van der Waals surface area (Å²) in [4.78, 5) is 16.6. The summed E-state index contributed by atoms with van der Waals surface area (Å²) in [6, 6.07) is 3.84. The minimum Gasteiger partial charge on any atom is -0.477 e. The highest BCUT2D eigenvalue weighted by Crippen LogP contribution is 2.18. The average Bonchev–Trinajstić information content (AvgIpc) is 2.92. The number of imidazole rings is 1. The molecule has 0 aliphatic heterocycles. The van der Waals surface area contributed by atoms with Crippen LogP contribution in [-0.4, -0.2) is 33.2 Å². The molecule has 0 radical (unpaired) electrons. The Kier molecular flexibility index (Phi) is 4.03. The van der Waals surface area contributed by atoms with Crippen molar-refractivity contribution in [3.05, 3.63) is 24.0 Å². The second-order valence-electron chi connectivity index (χ2n) is 5.34. The lowest BCUT2D eigenvalue weighted by Gasteiger charge is -2.22. The van der Waals surface area contributed by atoms with Crippen LogP contribution in [-0.2, 0) is 0 Å². The lowest BCUT2D eigenvalue weighted by Crippen LogP contribution is -2.36. The summed E-state index contributed by atoms with van der Waals surface area (Å²) >= 11 is 0. The molecule has 112 valence electrons. The first kappa shape index (κ1) is 13.9. The lowest BCUT2D eigenvalue weighted by atomic mass is 9.95. The van der Waals surface area contributed by atoms with Crippen molar-refractivity contribution in [1.82, 2.24) is 19.9 Å². The average molecular weight is 288 g/mol. The van der Waals surface area contributed by atoms with Crippen LogP contribution in [0.4, 0.5) is 0 Å². The smallest absolute Gasteiger partial charge is 0.271 e. The van der Waals surface area contributed by atoms with Crippen LogP contribution in [0.5, 0.6) is 5.88 Å². The van der Waals surface area contributed by atoms with Gasteiger partial charge in [-0.3, -0.25) is 4.79 Å². The third-order valence-corrected chi connectivity index (χ3v) is 3.76. The van der Waals surface area contributed by atoms with E-state index in [1.54, 1.807) is 22.8 Å². The fourth-order valence-corrected chi connectivity index (χ4v) is 2.71. The van der Waals surface area contributed by atoms with E-state index < -0.39 is 0 Å². The fraction of sp³-hybridized carbons (Fsp3) is 0.533. The van der Waals surface area contributed by atoms with E-state index in [1.165, 1.54) is 19.3 Å². The van der Waals surface area contributed by atoms with Gasteiger partial charge in [0.1, 0.15) is 5.69 Å². The van der Waals surface area contributed by atoms with Crippen LogP contribution in [0.25, 0.3) is 5.65 Å². The zero-order valence-electron chi connectivity index (χ0n) is 12.2. The number of aromatic nitrogens is 3. The van der Waals surface area contributed by atoms with Gasteiger partial charge < -0.3 is 10.1 Å². The van der Waals surface area contributed by atoms with Crippen molar-refractivity contribution in [2.75, 3.05) is 6.61 Å². The third kappa shape index (κ3) is 3.15. The summed E-state index contributed by atoms with van der Waals surface area (Å²) in [6.45, 7) is 2.46. The van der Waals surface area contributed by atoms with Crippen LogP contribution in [0.15, 0.2) is 18.3 Å². The lowest BCUT2D eigenvalue weighted by molar-refractivity contribution is 0.0923. The molecule has 1 amide bonds. The molecule has 1 saturated carbocycles. The summed E-state index contributed by atoms with van der Waals surface area (Å²) in [7, 11) is 0. The van der Waals surface area contributed by atoms with E-state index in [1.807, 2.05) is 6.92 Å². The van der Waals surface area contributed by atoms with Gasteiger partial charge in [-0.2, -0.15) is 0 Å². The number of nitrogens with zero attached hydrogens (tertiary/aromatic N) is 3. The first-order chi connectivity index (χ1) is 10.3. The number of fused-ring (bicyclic) bond motifs is 1. The van der Waals surface area contributed by atoms with E-state index >= 15 is 0 Å². The molecule has 1 aliphatic rings. The maximum absolute atomic E-state index is 12.2. The molecule has 1 N–H and O–H groups in total. The van der Waals surface area contributed by atoms with Crippen molar-refractivity contribution in [2.45, 2.75) is 45.1 Å². The van der Waals surface area contributed by atoms with Crippen molar-refractivity contribution >= 4 is 11.6 Å². The number of carbonyl (C=O) groups is 1. The van der Waals surface area contributed by atoms with Gasteiger partial charge in [-0.1, -0.05) is 19.3 Å². The van der Waals surface area contributed by atoms with Crippen molar-refractivity contribution < 1.29 is 9.53 Å². The molecule has 1 fully saturated rings. The number of amides is 1. The van der Waals surface area contributed by atoms with Crippen molar-refractivity contribution in [3.8, 4) is 5.88 Å². The molecule has 2 heterocycles. The third-order valence-electron chi connectivity index (χ3n) is 3.76. The standard InChI is InChI=1S/C15H20N4O2/c1-2-21-14-9-8-13-17-12(10-19(13)18-14)15(20)16-11-6-4-3-5-7-11/h8-11H,2-7H2,1H3,(H,16,20). The van der Waals surface area contributed by atoms with Gasteiger partial charge in [0.2, 0.25) is 5.88 Å². The highest BCUT2D eigenvalue weighted by atomic mass is 16.5. The Bertz CT molecular complexity index is 632. The summed E-state index contributed by atoms with van der Waals surface area (Å²) in [5.74, 6) is 0.409. The fourth-order valence-electron chi connectivity index (χ4n) is 2.71. The van der Waals surface area contributed by atoms with Gasteiger partial charge in [0.25, 0.3) is 5.91 Å². The molecule has 0 spiro atoms. The predicted octanol–water partition coefficient (Wildman–Crippen LogP) is 2.19. The Labute approximate surface area is 123 Å². The zero-order valence-corrected chi connectivity index (χ0v) is 12.2. The monoisotopic (exact) mass is 288 g/mol. The van der Waals surface area contributed by atoms with E-state index in [0.29, 0.717) is 23.8 Å². The van der Waals surface area contributed by atoms with Gasteiger partial charge >= 0.3 is 0 Å². The summed E-state index contributed by atoms with van der Waals surface area (Å²) in [5, 5.41) is 7.33. The Morgan fingerprint density at radius 2 is 2.19 bits per heavy atom. The molecule has 0 atom stereocenters. The molecule has 6 heteroatoms. The molecule has 6 nitrogen and oxygen atoms in total. The molecule has 2 aromatic heterocycles. The van der Waals surface area contributed by atoms with Crippen molar-refractivity contribution in [2.24, 2.45) is 0 Å². The van der Waals surface area contributed by atoms with Gasteiger partial charge in [0.15, 0.2) is 5.65 Å². The molecular weight excluding hydrogens is 268 g/mol. The van der Waals surface area contributed by atoms with E-state index in [9.17, 15) is 4.79 Å². The van der Waals surface area contributed by atoms with Crippen LogP contribution in [0, 0.1) is 0 Å². The number of hydrogen-bond donors (Lipinski definition) is 1. The maximum Gasteiger partial charge on any atom is 0.271 e. The molecule has 21 heavy (non-hydrogen) atoms. The molecular formula is C15H20N4O2. The predicted molar refractivity (Wildman–Crippen MR) is 78.5 cm³/mol. The summed E-state index contributed by atoms with van der Waals surface area (Å²) in [6.07, 6.45) is 7.42. The Morgan fingerprint density at radius 1 is 1.38 bits per heavy atom. The van der Waals surface area contributed by atoms with E-state index in [2.05, 4.69) is 15.4 Å². The van der Waals surface area contributed by atoms with Crippen LogP contribution in [0.1, 0.15) is 49.5 Å². The van der Waals surface area contributed by atoms with E-state index in [4.69, 9.17) is 4.74 Å². The second-order valence-corrected chi connectivity index (χ2v) is 5.34. The Morgan fingerprint density at radius 3 is 2.95 bits per heavy atom. The number of ether oxygens (including phenoxy) is 1. The molecule has 0 saturated heterocycles. The number of carbonyl (C=O) groups excluding carboxylic acids is 1. The van der Waals surface area contributed by atoms with Gasteiger partial charge in [-0.25, -0.2) is 9.50 Å². The summed E-state index contributed by atoms with van der Waals surface area (Å²) < 4.78 is 6.93. The SMILES string of the molecule is CCOc1ccc2nc(C(=O)NC3CCCCC3)cn2n1. The number of nitrogens with one attached hydrogen (secondary N) is 1. The summed E-state index contributed by atoms with van der Waals surface area (Å²) in [5.41, 5.74) is 1.05. The minimum absolute atomic E-state index is 0.120. The van der Waals surface area contributed by atoms with E-state index in [0.717, 1.165) is 12.8 Å². The molecule has 0 unspecified atom stereocenters. The molecule has 0 bridgehead atoms.